The number of halogens is 10. The average Bonchev–Trinajstić information content (AvgIpc) is 2.37. The zero-order valence-corrected chi connectivity index (χ0v) is 11.5. The van der Waals surface area contributed by atoms with Crippen molar-refractivity contribution in [2.75, 3.05) is 13.1 Å². The zero-order chi connectivity index (χ0) is 20.0. The molecule has 144 valence electrons. The van der Waals surface area contributed by atoms with Crippen molar-refractivity contribution in [2.45, 2.75) is 30.6 Å². The molecule has 1 heterocycles. The molecule has 0 radical (unpaired) electrons. The molecule has 0 aromatic heterocycles. The van der Waals surface area contributed by atoms with E-state index >= 15 is 0 Å². The molecule has 5 nitrogen and oxygen atoms in total. The number of carbonyl (C=O) groups is 3. The van der Waals surface area contributed by atoms with Crippen LogP contribution >= 0.6 is 0 Å². The summed E-state index contributed by atoms with van der Waals surface area (Å²) in [6.45, 7) is -5.34. The van der Waals surface area contributed by atoms with E-state index in [9.17, 15) is 58.3 Å². The molecule has 0 aliphatic carbocycles. The molecule has 0 spiro atoms. The minimum Gasteiger partial charge on any atom is -0.274 e. The molecule has 1 fully saturated rings. The number of amides is 4. The van der Waals surface area contributed by atoms with Gasteiger partial charge >= 0.3 is 30.2 Å². The third-order valence-electron chi connectivity index (χ3n) is 2.91. The molecule has 0 saturated carbocycles. The Bertz CT molecular complexity index is 534. The topological polar surface area (TPSA) is 57.7 Å². The number of hydrogen-bond donors (Lipinski definition) is 0. The molecule has 0 N–H and O–H groups in total. The maximum Gasteiger partial charge on any atom is 0.455 e. The number of imide groups is 2. The first-order chi connectivity index (χ1) is 10.9. The normalized spacial score (nSPS) is 18.2. The van der Waals surface area contributed by atoms with Crippen molar-refractivity contribution in [3.63, 3.8) is 0 Å². The number of alkyl halides is 10. The summed E-state index contributed by atoms with van der Waals surface area (Å²) in [6.07, 6.45) is -14.1. The molecule has 0 aromatic carbocycles. The highest BCUT2D eigenvalue weighted by Gasteiger charge is 2.62. The fourth-order valence-electron chi connectivity index (χ4n) is 1.57. The Balaban J connectivity index is 3.10. The van der Waals surface area contributed by atoms with Crippen LogP contribution < -0.4 is 0 Å². The Kier molecular flexibility index (Phi) is 5.04. The standard InChI is InChI=1S/C10H6F10N2O3/c11-7(12,9(15,16)17)2-21-4(23)1-5(24)22(6(21)25)3-8(13,14)10(18,19)20/h1-3H2. The Morgan fingerprint density at radius 1 is 0.640 bits per heavy atom. The Labute approximate surface area is 131 Å². The van der Waals surface area contributed by atoms with Crippen LogP contribution in [0.1, 0.15) is 6.42 Å². The molecule has 0 bridgehead atoms. The van der Waals surface area contributed by atoms with Crippen LogP contribution in [0, 0.1) is 0 Å². The van der Waals surface area contributed by atoms with E-state index in [1.165, 1.54) is 0 Å². The summed E-state index contributed by atoms with van der Waals surface area (Å²) < 4.78 is 124. The molecule has 1 aliphatic heterocycles. The lowest BCUT2D eigenvalue weighted by molar-refractivity contribution is -0.286. The lowest BCUT2D eigenvalue weighted by Crippen LogP contribution is -2.62. The van der Waals surface area contributed by atoms with Gasteiger partial charge in [-0.3, -0.25) is 19.4 Å². The van der Waals surface area contributed by atoms with Crippen LogP contribution in [0.4, 0.5) is 48.7 Å². The van der Waals surface area contributed by atoms with Crippen molar-refractivity contribution in [2.24, 2.45) is 0 Å². The minimum absolute atomic E-state index is 0.901. The van der Waals surface area contributed by atoms with Crippen molar-refractivity contribution in [1.82, 2.24) is 9.80 Å². The Morgan fingerprint density at radius 3 is 1.16 bits per heavy atom. The monoisotopic (exact) mass is 392 g/mol. The first kappa shape index (κ1) is 21.0. The summed E-state index contributed by atoms with van der Waals surface area (Å²) in [4.78, 5) is 32.3. The van der Waals surface area contributed by atoms with Crippen LogP contribution in [0.2, 0.25) is 0 Å². The summed E-state index contributed by atoms with van der Waals surface area (Å²) in [5.74, 6) is -15.1. The van der Waals surface area contributed by atoms with E-state index < -0.39 is 71.4 Å². The fourth-order valence-corrected chi connectivity index (χ4v) is 1.57. The SMILES string of the molecule is O=C1CC(=O)N(CC(F)(F)C(F)(F)F)C(=O)N1CC(F)(F)C(F)(F)F. The number of carbonyl (C=O) groups excluding carboxylic acids is 3. The Hall–Kier alpha value is -2.09. The maximum absolute atomic E-state index is 12.9. The van der Waals surface area contributed by atoms with Crippen LogP contribution in [0.25, 0.3) is 0 Å². The summed E-state index contributed by atoms with van der Waals surface area (Å²) in [6, 6.07) is -2.44. The van der Waals surface area contributed by atoms with Crippen LogP contribution in [0.15, 0.2) is 0 Å². The second kappa shape index (κ2) is 6.01. The molecule has 25 heavy (non-hydrogen) atoms. The van der Waals surface area contributed by atoms with Gasteiger partial charge in [0, 0.05) is 0 Å². The summed E-state index contributed by atoms with van der Waals surface area (Å²) >= 11 is 0. The van der Waals surface area contributed by atoms with E-state index in [4.69, 9.17) is 0 Å². The lowest BCUT2D eigenvalue weighted by atomic mass is 10.2. The van der Waals surface area contributed by atoms with Crippen molar-refractivity contribution in [3.05, 3.63) is 0 Å². The van der Waals surface area contributed by atoms with Crippen molar-refractivity contribution < 1.29 is 58.3 Å². The molecular weight excluding hydrogens is 386 g/mol. The highest BCUT2D eigenvalue weighted by Crippen LogP contribution is 2.38. The van der Waals surface area contributed by atoms with Crippen LogP contribution in [0.5, 0.6) is 0 Å². The molecule has 0 unspecified atom stereocenters. The number of barbiturate groups is 1. The number of rotatable bonds is 4. The summed E-state index contributed by atoms with van der Waals surface area (Å²) in [5.41, 5.74) is 0. The van der Waals surface area contributed by atoms with Gasteiger partial charge in [0.15, 0.2) is 0 Å². The van der Waals surface area contributed by atoms with Crippen LogP contribution in [-0.2, 0) is 9.59 Å². The quantitative estimate of drug-likeness (QED) is 0.546. The van der Waals surface area contributed by atoms with Crippen LogP contribution in [0.3, 0.4) is 0 Å². The average molecular weight is 392 g/mol. The second-order valence-electron chi connectivity index (χ2n) is 4.82. The van der Waals surface area contributed by atoms with Gasteiger partial charge in [0.1, 0.15) is 19.5 Å². The molecule has 0 atom stereocenters. The summed E-state index contributed by atoms with van der Waals surface area (Å²) in [7, 11) is 0. The van der Waals surface area contributed by atoms with E-state index in [0.717, 1.165) is 0 Å². The largest absolute Gasteiger partial charge is 0.455 e. The van der Waals surface area contributed by atoms with Gasteiger partial charge in [-0.1, -0.05) is 0 Å². The Morgan fingerprint density at radius 2 is 0.920 bits per heavy atom. The summed E-state index contributed by atoms with van der Waals surface area (Å²) in [5, 5.41) is 0. The van der Waals surface area contributed by atoms with Gasteiger partial charge in [-0.15, -0.1) is 0 Å². The van der Waals surface area contributed by atoms with Gasteiger partial charge in [0.25, 0.3) is 0 Å². The van der Waals surface area contributed by atoms with Crippen molar-refractivity contribution in [1.29, 1.82) is 0 Å². The van der Waals surface area contributed by atoms with Gasteiger partial charge < -0.3 is 0 Å². The van der Waals surface area contributed by atoms with E-state index in [-0.39, 0.29) is 0 Å². The molecular formula is C10H6F10N2O3. The highest BCUT2D eigenvalue weighted by molar-refractivity contribution is 6.14. The van der Waals surface area contributed by atoms with E-state index in [2.05, 4.69) is 0 Å². The van der Waals surface area contributed by atoms with Gasteiger partial charge in [-0.05, 0) is 0 Å². The van der Waals surface area contributed by atoms with Gasteiger partial charge in [-0.25, -0.2) is 4.79 Å². The van der Waals surface area contributed by atoms with E-state index in [1.807, 2.05) is 0 Å². The van der Waals surface area contributed by atoms with Crippen molar-refractivity contribution in [3.8, 4) is 0 Å². The predicted octanol–water partition coefficient (Wildman–Crippen LogP) is 2.56. The maximum atomic E-state index is 12.9. The molecule has 1 rings (SSSR count). The molecule has 4 amide bonds. The predicted molar refractivity (Wildman–Crippen MR) is 55.4 cm³/mol. The second-order valence-corrected chi connectivity index (χ2v) is 4.82. The first-order valence-corrected chi connectivity index (χ1v) is 5.94. The molecule has 0 aromatic rings. The molecule has 1 saturated heterocycles. The first-order valence-electron chi connectivity index (χ1n) is 5.94. The third-order valence-corrected chi connectivity index (χ3v) is 2.91. The third kappa shape index (κ3) is 4.12. The van der Waals surface area contributed by atoms with Gasteiger partial charge in [-0.2, -0.15) is 43.9 Å². The number of hydrogen-bond acceptors (Lipinski definition) is 3. The molecule has 15 heteroatoms. The van der Waals surface area contributed by atoms with Crippen molar-refractivity contribution >= 4 is 17.8 Å². The number of nitrogens with zero attached hydrogens (tertiary/aromatic N) is 2. The molecule has 1 aliphatic rings. The lowest BCUT2D eigenvalue weighted by Gasteiger charge is -2.36. The van der Waals surface area contributed by atoms with Gasteiger partial charge in [0.2, 0.25) is 11.8 Å². The van der Waals surface area contributed by atoms with E-state index in [1.54, 1.807) is 0 Å². The fraction of sp³-hybridized carbons (Fsp3) is 0.700. The van der Waals surface area contributed by atoms with E-state index in [0.29, 0.717) is 0 Å². The number of urea groups is 1. The smallest absolute Gasteiger partial charge is 0.274 e. The highest BCUT2D eigenvalue weighted by atomic mass is 19.4. The minimum atomic E-state index is -6.24. The van der Waals surface area contributed by atoms with Gasteiger partial charge in [0.05, 0.1) is 0 Å². The zero-order valence-electron chi connectivity index (χ0n) is 11.5. The van der Waals surface area contributed by atoms with Crippen LogP contribution in [-0.4, -0.2) is 64.9 Å².